The number of rotatable bonds is 5. The number of nitrogens with one attached hydrogen (secondary N) is 1. The molecule has 6 N–H and O–H groups in total. The molecule has 9 heteroatoms. The smallest absolute Gasteiger partial charge is 0.403 e. The summed E-state index contributed by atoms with van der Waals surface area (Å²) in [4.78, 5) is 6.54. The van der Waals surface area contributed by atoms with Crippen molar-refractivity contribution in [2.75, 3.05) is 19.7 Å². The van der Waals surface area contributed by atoms with Gasteiger partial charge in [-0.1, -0.05) is 12.1 Å². The number of piperidine rings is 1. The zero-order valence-electron chi connectivity index (χ0n) is 17.4. The van der Waals surface area contributed by atoms with E-state index in [2.05, 4.69) is 15.2 Å². The van der Waals surface area contributed by atoms with Crippen molar-refractivity contribution in [3.05, 3.63) is 70.3 Å². The number of amidine groups is 1. The predicted octanol–water partition coefficient (Wildman–Crippen LogP) is 2.75. The number of nitrogens with two attached hydrogens (primary N) is 2. The van der Waals surface area contributed by atoms with Crippen molar-refractivity contribution in [1.29, 1.82) is 0 Å². The fourth-order valence-electron chi connectivity index (χ4n) is 3.82. The lowest BCUT2D eigenvalue weighted by atomic mass is 9.97. The third-order valence-corrected chi connectivity index (χ3v) is 5.81. The Kier molecular flexibility index (Phi) is 6.94. The van der Waals surface area contributed by atoms with E-state index in [-0.39, 0.29) is 24.6 Å². The van der Waals surface area contributed by atoms with Gasteiger partial charge in [-0.15, -0.1) is 0 Å². The normalized spacial score (nSPS) is 19.8. The first-order valence-electron chi connectivity index (χ1n) is 10.2. The number of alkyl halides is 3. The number of aliphatic hydroxyl groups excluding tert-OH is 1. The molecule has 2 heterocycles. The first kappa shape index (κ1) is 22.7. The van der Waals surface area contributed by atoms with E-state index in [0.29, 0.717) is 22.8 Å². The largest absolute Gasteiger partial charge is 0.416 e. The van der Waals surface area contributed by atoms with Crippen molar-refractivity contribution in [3.8, 4) is 0 Å². The Morgan fingerprint density at radius 2 is 2.03 bits per heavy atom. The van der Waals surface area contributed by atoms with Crippen molar-refractivity contribution < 1.29 is 18.3 Å². The molecule has 168 valence electrons. The van der Waals surface area contributed by atoms with E-state index in [1.54, 1.807) is 6.07 Å². The van der Waals surface area contributed by atoms with Crippen molar-refractivity contribution in [1.82, 2.24) is 10.2 Å². The number of hydrogen-bond acceptors (Lipinski definition) is 5. The van der Waals surface area contributed by atoms with Crippen LogP contribution in [0.2, 0.25) is 0 Å². The third-order valence-electron chi connectivity index (χ3n) is 5.81. The van der Waals surface area contributed by atoms with Crippen LogP contribution in [0, 0.1) is 12.8 Å². The Labute approximate surface area is 179 Å². The number of likely N-dealkylation sites (tertiary alicyclic amines) is 1. The van der Waals surface area contributed by atoms with Crippen LogP contribution in [-0.2, 0) is 12.7 Å². The quantitative estimate of drug-likeness (QED) is 0.421. The van der Waals surface area contributed by atoms with Crippen LogP contribution in [0.4, 0.5) is 13.2 Å². The topological polar surface area (TPSA) is 99.9 Å². The molecule has 2 aliphatic rings. The maximum absolute atomic E-state index is 13.2. The molecule has 1 fully saturated rings. The minimum atomic E-state index is -4.41. The number of dihydropyridines is 1. The van der Waals surface area contributed by atoms with Gasteiger partial charge in [0.15, 0.2) is 0 Å². The van der Waals surface area contributed by atoms with E-state index < -0.39 is 11.7 Å². The SMILES string of the molecule is Cc1c(CN=C(N)C2=CC(N3CCC(CO)CC3)=CN/C2=C/N)cccc1C(F)(F)F. The summed E-state index contributed by atoms with van der Waals surface area (Å²) < 4.78 is 39.5. The van der Waals surface area contributed by atoms with Crippen LogP contribution in [0.1, 0.15) is 29.5 Å². The van der Waals surface area contributed by atoms with Crippen LogP contribution >= 0.6 is 0 Å². The van der Waals surface area contributed by atoms with E-state index in [1.165, 1.54) is 19.2 Å². The van der Waals surface area contributed by atoms with Crippen LogP contribution in [0.3, 0.4) is 0 Å². The minimum absolute atomic E-state index is 0.0255. The van der Waals surface area contributed by atoms with Gasteiger partial charge < -0.3 is 26.8 Å². The molecule has 0 aromatic heterocycles. The summed E-state index contributed by atoms with van der Waals surface area (Å²) >= 11 is 0. The molecular formula is C22H28F3N5O. The summed E-state index contributed by atoms with van der Waals surface area (Å²) in [6, 6.07) is 4.05. The van der Waals surface area contributed by atoms with Crippen molar-refractivity contribution >= 4 is 5.84 Å². The highest BCUT2D eigenvalue weighted by molar-refractivity contribution is 6.01. The fraction of sp³-hybridized carbons (Fsp3) is 0.409. The second-order valence-corrected chi connectivity index (χ2v) is 7.75. The number of benzene rings is 1. The molecule has 0 spiro atoms. The summed E-state index contributed by atoms with van der Waals surface area (Å²) in [6.45, 7) is 3.28. The second-order valence-electron chi connectivity index (χ2n) is 7.75. The summed E-state index contributed by atoms with van der Waals surface area (Å²) in [6.07, 6.45) is 2.49. The van der Waals surface area contributed by atoms with Crippen LogP contribution in [-0.4, -0.2) is 35.5 Å². The highest BCUT2D eigenvalue weighted by atomic mass is 19.4. The predicted molar refractivity (Wildman–Crippen MR) is 114 cm³/mol. The first-order valence-corrected chi connectivity index (χ1v) is 10.2. The molecule has 0 bridgehead atoms. The summed E-state index contributed by atoms with van der Waals surface area (Å²) in [7, 11) is 0. The molecule has 2 aliphatic heterocycles. The Hall–Kier alpha value is -2.94. The molecule has 1 aromatic carbocycles. The van der Waals surface area contributed by atoms with Crippen molar-refractivity contribution in [2.45, 2.75) is 32.5 Å². The van der Waals surface area contributed by atoms with Crippen LogP contribution in [0.15, 0.2) is 58.6 Å². The number of aliphatic imine (C=N–C) groups is 1. The Bertz CT molecular complexity index is 926. The monoisotopic (exact) mass is 435 g/mol. The van der Waals surface area contributed by atoms with E-state index in [4.69, 9.17) is 11.5 Å². The van der Waals surface area contributed by atoms with Crippen LogP contribution in [0.25, 0.3) is 0 Å². The number of allylic oxidation sites excluding steroid dienone is 1. The van der Waals surface area contributed by atoms with Gasteiger partial charge >= 0.3 is 6.18 Å². The van der Waals surface area contributed by atoms with Crippen molar-refractivity contribution in [2.24, 2.45) is 22.4 Å². The van der Waals surface area contributed by atoms with Gasteiger partial charge in [0.05, 0.1) is 23.5 Å². The maximum Gasteiger partial charge on any atom is 0.416 e. The van der Waals surface area contributed by atoms with Gasteiger partial charge in [-0.2, -0.15) is 13.2 Å². The average Bonchev–Trinajstić information content (AvgIpc) is 2.77. The lowest BCUT2D eigenvalue weighted by molar-refractivity contribution is -0.138. The van der Waals surface area contributed by atoms with Gasteiger partial charge in [0.1, 0.15) is 5.84 Å². The summed E-state index contributed by atoms with van der Waals surface area (Å²) in [5, 5.41) is 12.4. The highest BCUT2D eigenvalue weighted by Gasteiger charge is 2.32. The molecule has 0 aliphatic carbocycles. The van der Waals surface area contributed by atoms with E-state index >= 15 is 0 Å². The molecule has 0 atom stereocenters. The lowest BCUT2D eigenvalue weighted by Crippen LogP contribution is -2.36. The van der Waals surface area contributed by atoms with Crippen LogP contribution in [0.5, 0.6) is 0 Å². The summed E-state index contributed by atoms with van der Waals surface area (Å²) in [5.41, 5.74) is 14.0. The molecule has 6 nitrogen and oxygen atoms in total. The van der Waals surface area contributed by atoms with Gasteiger partial charge in [0.25, 0.3) is 0 Å². The molecule has 1 saturated heterocycles. The number of hydrogen-bond donors (Lipinski definition) is 4. The maximum atomic E-state index is 13.2. The second kappa shape index (κ2) is 9.47. The van der Waals surface area contributed by atoms with Crippen molar-refractivity contribution in [3.63, 3.8) is 0 Å². The van der Waals surface area contributed by atoms with Gasteiger partial charge in [0.2, 0.25) is 0 Å². The van der Waals surface area contributed by atoms with E-state index in [0.717, 1.165) is 37.7 Å². The molecule has 3 rings (SSSR count). The van der Waals surface area contributed by atoms with Gasteiger partial charge in [-0.3, -0.25) is 4.99 Å². The van der Waals surface area contributed by atoms with Gasteiger partial charge in [-0.25, -0.2) is 0 Å². The third kappa shape index (κ3) is 5.22. The highest BCUT2D eigenvalue weighted by Crippen LogP contribution is 2.33. The first-order chi connectivity index (χ1) is 14.7. The number of halogens is 3. The number of aliphatic hydroxyl groups is 1. The Morgan fingerprint density at radius 1 is 1.32 bits per heavy atom. The molecule has 0 saturated carbocycles. The Balaban J connectivity index is 1.80. The van der Waals surface area contributed by atoms with Gasteiger partial charge in [-0.05, 0) is 49.0 Å². The molecule has 1 aromatic rings. The molecule has 0 unspecified atom stereocenters. The Morgan fingerprint density at radius 3 is 2.65 bits per heavy atom. The zero-order valence-corrected chi connectivity index (χ0v) is 17.4. The standard InChI is InChI=1S/C22H28F3N5O/c1-14-16(3-2-4-19(14)22(23,24)25)11-29-21(27)18-9-17(12-28-20(18)10-26)30-7-5-15(13-31)6-8-30/h2-4,9-10,12,15,28,31H,5-8,11,13,26H2,1H3,(H2,27,29)/b20-10+. The van der Waals surface area contributed by atoms with Gasteiger partial charge in [0, 0.05) is 37.7 Å². The minimum Gasteiger partial charge on any atom is -0.403 e. The molecule has 31 heavy (non-hydrogen) atoms. The van der Waals surface area contributed by atoms with Crippen LogP contribution < -0.4 is 16.8 Å². The number of nitrogens with zero attached hydrogens (tertiary/aromatic N) is 2. The van der Waals surface area contributed by atoms with E-state index in [1.807, 2.05) is 12.3 Å². The summed E-state index contributed by atoms with van der Waals surface area (Å²) in [5.74, 6) is 0.510. The average molecular weight is 435 g/mol. The molecular weight excluding hydrogens is 407 g/mol. The fourth-order valence-corrected chi connectivity index (χ4v) is 3.82. The molecule has 0 radical (unpaired) electrons. The molecule has 0 amide bonds. The van der Waals surface area contributed by atoms with E-state index in [9.17, 15) is 18.3 Å². The zero-order chi connectivity index (χ0) is 22.6. The lowest BCUT2D eigenvalue weighted by Gasteiger charge is -2.35.